The third kappa shape index (κ3) is 2.20. The summed E-state index contributed by atoms with van der Waals surface area (Å²) in [5.74, 6) is 5.03. The molecule has 3 nitrogen and oxygen atoms in total. The van der Waals surface area contributed by atoms with E-state index in [4.69, 9.17) is 15.9 Å². The zero-order valence-electron chi connectivity index (χ0n) is 15.4. The molecule has 1 aromatic carbocycles. The number of hydrogen-bond donors (Lipinski definition) is 1. The third-order valence-electron chi connectivity index (χ3n) is 7.58. The SMILES string of the molecule is C#CC1(O)CCC2C3CCc4cc(OC)ccc4C3C(OC)CC21C. The van der Waals surface area contributed by atoms with E-state index in [9.17, 15) is 5.11 Å². The van der Waals surface area contributed by atoms with E-state index in [1.807, 2.05) is 0 Å². The maximum absolute atomic E-state index is 11.1. The minimum absolute atomic E-state index is 0.0941. The fourth-order valence-electron chi connectivity index (χ4n) is 6.20. The van der Waals surface area contributed by atoms with Gasteiger partial charge in [-0.3, -0.25) is 0 Å². The van der Waals surface area contributed by atoms with Gasteiger partial charge in [-0.15, -0.1) is 6.42 Å². The van der Waals surface area contributed by atoms with Crippen LogP contribution in [-0.2, 0) is 11.2 Å². The summed E-state index contributed by atoms with van der Waals surface area (Å²) in [7, 11) is 3.52. The normalized spacial score (nSPS) is 42.0. The highest BCUT2D eigenvalue weighted by Crippen LogP contribution is 2.64. The Morgan fingerprint density at radius 1 is 1.28 bits per heavy atom. The van der Waals surface area contributed by atoms with Crippen molar-refractivity contribution in [1.82, 2.24) is 0 Å². The molecule has 2 saturated carbocycles. The molecule has 2 fully saturated rings. The molecule has 1 N–H and O–H groups in total. The second-order valence-corrected chi connectivity index (χ2v) is 8.34. The lowest BCUT2D eigenvalue weighted by Gasteiger charge is -2.54. The van der Waals surface area contributed by atoms with Crippen LogP contribution in [0.1, 0.15) is 49.7 Å². The van der Waals surface area contributed by atoms with Gasteiger partial charge in [0.2, 0.25) is 0 Å². The van der Waals surface area contributed by atoms with Crippen molar-refractivity contribution in [3.05, 3.63) is 29.3 Å². The first-order valence-corrected chi connectivity index (χ1v) is 9.37. The van der Waals surface area contributed by atoms with Crippen molar-refractivity contribution in [1.29, 1.82) is 0 Å². The predicted molar refractivity (Wildman–Crippen MR) is 97.6 cm³/mol. The van der Waals surface area contributed by atoms with E-state index in [0.717, 1.165) is 31.4 Å². The fourth-order valence-corrected chi connectivity index (χ4v) is 6.20. The molecule has 0 spiro atoms. The first-order chi connectivity index (χ1) is 12.0. The molecule has 3 aliphatic rings. The molecule has 0 radical (unpaired) electrons. The van der Waals surface area contributed by atoms with Crippen LogP contribution in [0.2, 0.25) is 0 Å². The summed E-state index contributed by atoms with van der Waals surface area (Å²) in [6.07, 6.45) is 10.6. The molecule has 3 aliphatic carbocycles. The smallest absolute Gasteiger partial charge is 0.130 e. The molecular weight excluding hydrogens is 312 g/mol. The summed E-state index contributed by atoms with van der Waals surface area (Å²) in [5.41, 5.74) is 1.53. The fraction of sp³-hybridized carbons (Fsp3) is 0.636. The number of aryl methyl sites for hydroxylation is 1. The van der Waals surface area contributed by atoms with Gasteiger partial charge in [-0.25, -0.2) is 0 Å². The topological polar surface area (TPSA) is 38.7 Å². The van der Waals surface area contributed by atoms with Crippen molar-refractivity contribution in [2.45, 2.75) is 56.7 Å². The summed E-state index contributed by atoms with van der Waals surface area (Å²) in [4.78, 5) is 0. The van der Waals surface area contributed by atoms with E-state index in [-0.39, 0.29) is 11.5 Å². The van der Waals surface area contributed by atoms with Crippen molar-refractivity contribution in [3.8, 4) is 18.1 Å². The van der Waals surface area contributed by atoms with Crippen molar-refractivity contribution in [2.75, 3.05) is 14.2 Å². The molecule has 0 saturated heterocycles. The highest BCUT2D eigenvalue weighted by Gasteiger charge is 2.63. The van der Waals surface area contributed by atoms with E-state index < -0.39 is 5.60 Å². The van der Waals surface area contributed by atoms with Gasteiger partial charge in [0.05, 0.1) is 13.2 Å². The second kappa shape index (κ2) is 5.76. The van der Waals surface area contributed by atoms with E-state index in [1.165, 1.54) is 11.1 Å². The zero-order chi connectivity index (χ0) is 17.8. The largest absolute Gasteiger partial charge is 0.497 e. The van der Waals surface area contributed by atoms with Crippen LogP contribution < -0.4 is 4.74 Å². The Morgan fingerprint density at radius 3 is 2.76 bits per heavy atom. The van der Waals surface area contributed by atoms with Gasteiger partial charge < -0.3 is 14.6 Å². The number of ether oxygens (including phenoxy) is 2. The van der Waals surface area contributed by atoms with Gasteiger partial charge in [0.15, 0.2) is 0 Å². The van der Waals surface area contributed by atoms with Crippen molar-refractivity contribution < 1.29 is 14.6 Å². The summed E-state index contributed by atoms with van der Waals surface area (Å²) in [5, 5.41) is 11.1. The lowest BCUT2D eigenvalue weighted by atomic mass is 9.52. The van der Waals surface area contributed by atoms with Crippen LogP contribution in [-0.4, -0.2) is 31.0 Å². The maximum atomic E-state index is 11.1. The van der Waals surface area contributed by atoms with Gasteiger partial charge >= 0.3 is 0 Å². The Bertz CT molecular complexity index is 720. The first kappa shape index (κ1) is 16.9. The van der Waals surface area contributed by atoms with Crippen LogP contribution in [0, 0.1) is 29.6 Å². The van der Waals surface area contributed by atoms with Crippen LogP contribution >= 0.6 is 0 Å². The highest BCUT2D eigenvalue weighted by atomic mass is 16.5. The average molecular weight is 340 g/mol. The molecule has 6 unspecified atom stereocenters. The molecule has 0 aromatic heterocycles. The van der Waals surface area contributed by atoms with E-state index >= 15 is 0 Å². The standard InChI is InChI=1S/C22H28O3/c1-5-22(23)11-10-18-17-8-6-14-12-15(24-3)7-9-16(14)20(17)19(25-4)13-21(18,22)2/h1,7,9,12,17-20,23H,6,8,10-11,13H2,2-4H3. The molecule has 0 heterocycles. The molecule has 6 atom stereocenters. The van der Waals surface area contributed by atoms with Crippen molar-refractivity contribution >= 4 is 0 Å². The summed E-state index contributed by atoms with van der Waals surface area (Å²) >= 11 is 0. The Labute approximate surface area is 150 Å². The number of benzene rings is 1. The van der Waals surface area contributed by atoms with Gasteiger partial charge in [-0.2, -0.15) is 0 Å². The van der Waals surface area contributed by atoms with Crippen LogP contribution in [0.25, 0.3) is 0 Å². The molecule has 3 heteroatoms. The monoisotopic (exact) mass is 340 g/mol. The lowest BCUT2D eigenvalue weighted by molar-refractivity contribution is -0.116. The first-order valence-electron chi connectivity index (χ1n) is 9.37. The van der Waals surface area contributed by atoms with Crippen molar-refractivity contribution in [2.24, 2.45) is 17.3 Å². The minimum atomic E-state index is -1.00. The van der Waals surface area contributed by atoms with E-state index in [1.54, 1.807) is 14.2 Å². The van der Waals surface area contributed by atoms with Gasteiger partial charge in [0, 0.05) is 18.4 Å². The van der Waals surface area contributed by atoms with Gasteiger partial charge in [0.1, 0.15) is 11.4 Å². The average Bonchev–Trinajstić information content (AvgIpc) is 2.91. The Hall–Kier alpha value is -1.50. The summed E-state index contributed by atoms with van der Waals surface area (Å²) in [6, 6.07) is 6.47. The Balaban J connectivity index is 1.77. The Morgan fingerprint density at radius 2 is 2.08 bits per heavy atom. The molecule has 4 rings (SSSR count). The van der Waals surface area contributed by atoms with Crippen molar-refractivity contribution in [3.63, 3.8) is 0 Å². The number of fused-ring (bicyclic) bond motifs is 5. The number of rotatable bonds is 2. The van der Waals surface area contributed by atoms with Gasteiger partial charge in [-0.1, -0.05) is 18.9 Å². The van der Waals surface area contributed by atoms with Crippen LogP contribution in [0.3, 0.4) is 0 Å². The van der Waals surface area contributed by atoms with Gasteiger partial charge in [-0.05, 0) is 67.2 Å². The predicted octanol–water partition coefficient (Wildman–Crippen LogP) is 3.54. The quantitative estimate of drug-likeness (QED) is 0.837. The molecule has 134 valence electrons. The number of terminal acetylenes is 1. The minimum Gasteiger partial charge on any atom is -0.497 e. The number of aliphatic hydroxyl groups is 1. The molecule has 0 amide bonds. The molecule has 0 aliphatic heterocycles. The van der Waals surface area contributed by atoms with E-state index in [0.29, 0.717) is 24.2 Å². The van der Waals surface area contributed by atoms with Gasteiger partial charge in [0.25, 0.3) is 0 Å². The lowest BCUT2D eigenvalue weighted by Crippen LogP contribution is -2.54. The second-order valence-electron chi connectivity index (χ2n) is 8.34. The van der Waals surface area contributed by atoms with E-state index in [2.05, 4.69) is 31.0 Å². The highest BCUT2D eigenvalue weighted by molar-refractivity contribution is 5.42. The van der Waals surface area contributed by atoms with Crippen LogP contribution in [0.5, 0.6) is 5.75 Å². The molecule has 0 bridgehead atoms. The van der Waals surface area contributed by atoms with Crippen LogP contribution in [0.15, 0.2) is 18.2 Å². The number of hydrogen-bond acceptors (Lipinski definition) is 3. The zero-order valence-corrected chi connectivity index (χ0v) is 15.4. The molecule has 1 aromatic rings. The Kier molecular flexibility index (Phi) is 3.90. The van der Waals surface area contributed by atoms with Crippen LogP contribution in [0.4, 0.5) is 0 Å². The number of methoxy groups -OCH3 is 2. The third-order valence-corrected chi connectivity index (χ3v) is 7.58. The summed E-state index contributed by atoms with van der Waals surface area (Å²) < 4.78 is 11.4. The maximum Gasteiger partial charge on any atom is 0.130 e. The molecular formula is C22H28O3. The molecule has 25 heavy (non-hydrogen) atoms. The summed E-state index contributed by atoms with van der Waals surface area (Å²) in [6.45, 7) is 2.19.